The van der Waals surface area contributed by atoms with Gasteiger partial charge < -0.3 is 10.1 Å². The second kappa shape index (κ2) is 7.20. The van der Waals surface area contributed by atoms with E-state index in [4.69, 9.17) is 4.74 Å². The molecule has 19 heavy (non-hydrogen) atoms. The number of carbonyl (C=O) groups is 1. The summed E-state index contributed by atoms with van der Waals surface area (Å²) in [6, 6.07) is 8.13. The van der Waals surface area contributed by atoms with Crippen LogP contribution in [0.2, 0.25) is 0 Å². The van der Waals surface area contributed by atoms with Crippen molar-refractivity contribution < 1.29 is 9.53 Å². The lowest BCUT2D eigenvalue weighted by molar-refractivity contribution is 0.0528. The summed E-state index contributed by atoms with van der Waals surface area (Å²) in [4.78, 5) is 12.7. The first-order valence-electron chi connectivity index (χ1n) is 6.15. The van der Waals surface area contributed by atoms with Gasteiger partial charge in [0.1, 0.15) is 5.60 Å². The van der Waals surface area contributed by atoms with E-state index >= 15 is 0 Å². The molecule has 0 aliphatic carbocycles. The molecule has 1 rings (SSSR count). The van der Waals surface area contributed by atoms with Gasteiger partial charge in [0.05, 0.1) is 0 Å². The predicted octanol–water partition coefficient (Wildman–Crippen LogP) is 4.45. The van der Waals surface area contributed by atoms with Crippen LogP contribution in [0.25, 0.3) is 0 Å². The second-order valence-corrected chi connectivity index (χ2v) is 7.69. The molecule has 0 aliphatic rings. The van der Waals surface area contributed by atoms with Gasteiger partial charge in [0.2, 0.25) is 0 Å². The zero-order chi connectivity index (χ0) is 14.5. The average Bonchev–Trinajstić information content (AvgIpc) is 2.27. The molecule has 0 heterocycles. The number of alkyl carbamates (subject to hydrolysis) is 1. The van der Waals surface area contributed by atoms with Crippen molar-refractivity contribution in [1.82, 2.24) is 5.32 Å². The first-order chi connectivity index (χ1) is 8.76. The molecule has 0 radical (unpaired) electrons. The van der Waals surface area contributed by atoms with Crippen LogP contribution in [0.5, 0.6) is 0 Å². The molecule has 0 spiro atoms. The highest BCUT2D eigenvalue weighted by atomic mass is 79.9. The molecule has 1 atom stereocenters. The van der Waals surface area contributed by atoms with E-state index in [0.29, 0.717) is 6.54 Å². The molecule has 5 heteroatoms. The largest absolute Gasteiger partial charge is 0.444 e. The maximum atomic E-state index is 11.5. The molecule has 106 valence electrons. The maximum Gasteiger partial charge on any atom is 0.407 e. The Kier molecular flexibility index (Phi) is 6.20. The van der Waals surface area contributed by atoms with Crippen LogP contribution >= 0.6 is 27.7 Å². The third-order valence-corrected chi connectivity index (χ3v) is 3.73. The molecule has 1 unspecified atom stereocenters. The zero-order valence-corrected chi connectivity index (χ0v) is 14.1. The van der Waals surface area contributed by atoms with Gasteiger partial charge in [0.15, 0.2) is 0 Å². The van der Waals surface area contributed by atoms with E-state index in [1.807, 2.05) is 32.9 Å². The Morgan fingerprint density at radius 3 is 2.47 bits per heavy atom. The van der Waals surface area contributed by atoms with Gasteiger partial charge in [-0.15, -0.1) is 11.8 Å². The standard InChI is InChI=1S/C14H20BrNO2S/c1-10(9-16-13(17)18-14(2,3)4)19-12-7-5-11(15)6-8-12/h5-8,10H,9H2,1-4H3,(H,16,17). The van der Waals surface area contributed by atoms with Gasteiger partial charge in [-0.05, 0) is 45.0 Å². The lowest BCUT2D eigenvalue weighted by Crippen LogP contribution is -2.35. The van der Waals surface area contributed by atoms with Crippen molar-refractivity contribution in [2.75, 3.05) is 6.54 Å². The van der Waals surface area contributed by atoms with E-state index in [9.17, 15) is 4.79 Å². The summed E-state index contributed by atoms with van der Waals surface area (Å²) in [6.07, 6.45) is -0.365. The number of benzene rings is 1. The lowest BCUT2D eigenvalue weighted by Gasteiger charge is -2.20. The lowest BCUT2D eigenvalue weighted by atomic mass is 10.2. The van der Waals surface area contributed by atoms with Crippen LogP contribution in [0.1, 0.15) is 27.7 Å². The highest BCUT2D eigenvalue weighted by Gasteiger charge is 2.16. The summed E-state index contributed by atoms with van der Waals surface area (Å²) < 4.78 is 6.25. The number of halogens is 1. The number of ether oxygens (including phenoxy) is 1. The predicted molar refractivity (Wildman–Crippen MR) is 83.7 cm³/mol. The van der Waals surface area contributed by atoms with E-state index in [1.54, 1.807) is 11.8 Å². The van der Waals surface area contributed by atoms with Crippen molar-refractivity contribution in [2.24, 2.45) is 0 Å². The number of hydrogen-bond donors (Lipinski definition) is 1. The first kappa shape index (κ1) is 16.4. The fourth-order valence-corrected chi connectivity index (χ4v) is 2.52. The van der Waals surface area contributed by atoms with Gasteiger partial charge in [0, 0.05) is 21.2 Å². The monoisotopic (exact) mass is 345 g/mol. The van der Waals surface area contributed by atoms with Gasteiger partial charge in [0.25, 0.3) is 0 Å². The van der Waals surface area contributed by atoms with E-state index in [-0.39, 0.29) is 11.3 Å². The summed E-state index contributed by atoms with van der Waals surface area (Å²) in [5.41, 5.74) is -0.452. The molecule has 0 saturated heterocycles. The highest BCUT2D eigenvalue weighted by Crippen LogP contribution is 2.24. The Hall–Kier alpha value is -0.680. The summed E-state index contributed by atoms with van der Waals surface area (Å²) in [6.45, 7) is 8.21. The number of hydrogen-bond acceptors (Lipinski definition) is 3. The Bertz CT molecular complexity index is 414. The molecule has 0 aromatic heterocycles. The normalized spacial score (nSPS) is 12.9. The van der Waals surface area contributed by atoms with Crippen LogP contribution in [0.4, 0.5) is 4.79 Å². The van der Waals surface area contributed by atoms with Crippen LogP contribution in [0.15, 0.2) is 33.6 Å². The Labute approximate surface area is 127 Å². The quantitative estimate of drug-likeness (QED) is 0.819. The van der Waals surface area contributed by atoms with Crippen molar-refractivity contribution in [1.29, 1.82) is 0 Å². The Morgan fingerprint density at radius 2 is 1.95 bits per heavy atom. The highest BCUT2D eigenvalue weighted by molar-refractivity contribution is 9.10. The minimum absolute atomic E-state index is 0.286. The van der Waals surface area contributed by atoms with Gasteiger partial charge in [-0.25, -0.2) is 4.79 Å². The third-order valence-electron chi connectivity index (χ3n) is 2.08. The third kappa shape index (κ3) is 7.47. The van der Waals surface area contributed by atoms with Crippen molar-refractivity contribution in [3.63, 3.8) is 0 Å². The van der Waals surface area contributed by atoms with E-state index < -0.39 is 5.60 Å². The molecule has 0 fully saturated rings. The van der Waals surface area contributed by atoms with Gasteiger partial charge in [-0.3, -0.25) is 0 Å². The van der Waals surface area contributed by atoms with Crippen molar-refractivity contribution in [3.8, 4) is 0 Å². The van der Waals surface area contributed by atoms with E-state index in [0.717, 1.165) is 4.47 Å². The number of nitrogens with one attached hydrogen (secondary N) is 1. The van der Waals surface area contributed by atoms with Gasteiger partial charge >= 0.3 is 6.09 Å². The minimum Gasteiger partial charge on any atom is -0.444 e. The first-order valence-corrected chi connectivity index (χ1v) is 7.82. The van der Waals surface area contributed by atoms with Crippen LogP contribution in [0.3, 0.4) is 0 Å². The molecule has 1 amide bonds. The molecule has 0 aliphatic heterocycles. The van der Waals surface area contributed by atoms with Crippen molar-refractivity contribution >= 4 is 33.8 Å². The Balaban J connectivity index is 2.33. The topological polar surface area (TPSA) is 38.3 Å². The number of thioether (sulfide) groups is 1. The fourth-order valence-electron chi connectivity index (χ4n) is 1.33. The van der Waals surface area contributed by atoms with Gasteiger partial charge in [-0.1, -0.05) is 22.9 Å². The minimum atomic E-state index is -0.452. The second-order valence-electron chi connectivity index (χ2n) is 5.27. The number of carbonyl (C=O) groups excluding carboxylic acids is 1. The molecule has 0 bridgehead atoms. The molecular formula is C14H20BrNO2S. The van der Waals surface area contributed by atoms with Gasteiger partial charge in [-0.2, -0.15) is 0 Å². The van der Waals surface area contributed by atoms with Crippen LogP contribution in [0, 0.1) is 0 Å². The molecule has 1 N–H and O–H groups in total. The van der Waals surface area contributed by atoms with Crippen molar-refractivity contribution in [3.05, 3.63) is 28.7 Å². The smallest absolute Gasteiger partial charge is 0.407 e. The molecular weight excluding hydrogens is 326 g/mol. The SMILES string of the molecule is CC(CNC(=O)OC(C)(C)C)Sc1ccc(Br)cc1. The molecule has 3 nitrogen and oxygen atoms in total. The molecule has 1 aromatic carbocycles. The van der Waals surface area contributed by atoms with Crippen LogP contribution in [-0.4, -0.2) is 23.5 Å². The van der Waals surface area contributed by atoms with Crippen molar-refractivity contribution in [2.45, 2.75) is 43.4 Å². The van der Waals surface area contributed by atoms with Crippen LogP contribution < -0.4 is 5.32 Å². The summed E-state index contributed by atoms with van der Waals surface area (Å²) in [5.74, 6) is 0. The van der Waals surface area contributed by atoms with Crippen LogP contribution in [-0.2, 0) is 4.74 Å². The summed E-state index contributed by atoms with van der Waals surface area (Å²) in [5, 5.41) is 3.07. The molecule has 0 saturated carbocycles. The summed E-state index contributed by atoms with van der Waals surface area (Å²) in [7, 11) is 0. The fraction of sp³-hybridized carbons (Fsp3) is 0.500. The number of rotatable bonds is 4. The van der Waals surface area contributed by atoms with E-state index in [2.05, 4.69) is 40.3 Å². The number of amides is 1. The Morgan fingerprint density at radius 1 is 1.37 bits per heavy atom. The zero-order valence-electron chi connectivity index (χ0n) is 11.7. The maximum absolute atomic E-state index is 11.5. The average molecular weight is 346 g/mol. The van der Waals surface area contributed by atoms with E-state index in [1.165, 1.54) is 4.90 Å². The molecule has 1 aromatic rings. The summed E-state index contributed by atoms with van der Waals surface area (Å²) >= 11 is 5.13.